The van der Waals surface area contributed by atoms with Crippen LogP contribution in [-0.4, -0.2) is 30.3 Å². The fourth-order valence-electron chi connectivity index (χ4n) is 3.70. The summed E-state index contributed by atoms with van der Waals surface area (Å²) in [5, 5.41) is 14.1. The Kier molecular flexibility index (Phi) is 8.40. The Morgan fingerprint density at radius 2 is 1.77 bits per heavy atom. The predicted molar refractivity (Wildman–Crippen MR) is 121 cm³/mol. The van der Waals surface area contributed by atoms with E-state index in [1.165, 1.54) is 11.1 Å². The van der Waals surface area contributed by atoms with Crippen molar-refractivity contribution in [2.24, 2.45) is 0 Å². The van der Waals surface area contributed by atoms with Gasteiger partial charge in [-0.25, -0.2) is 0 Å². The van der Waals surface area contributed by atoms with Crippen molar-refractivity contribution in [2.45, 2.75) is 50.7 Å². The van der Waals surface area contributed by atoms with Crippen molar-refractivity contribution in [3.8, 4) is 0 Å². The van der Waals surface area contributed by atoms with E-state index >= 15 is 0 Å². The van der Waals surface area contributed by atoms with Gasteiger partial charge < -0.3 is 20.9 Å². The van der Waals surface area contributed by atoms with Gasteiger partial charge in [-0.3, -0.25) is 4.79 Å². The summed E-state index contributed by atoms with van der Waals surface area (Å²) in [6, 6.07) is 11.5. The second kappa shape index (κ2) is 11.0. The Bertz CT molecular complexity index is 827. The van der Waals surface area contributed by atoms with Crippen molar-refractivity contribution in [2.75, 3.05) is 18.8 Å². The number of fused-ring (bicyclic) bond motifs is 1. The number of halogens is 2. The van der Waals surface area contributed by atoms with Crippen LogP contribution in [-0.2, 0) is 22.4 Å². The summed E-state index contributed by atoms with van der Waals surface area (Å²) in [6.45, 7) is 1.14. The molecule has 7 heteroatoms. The van der Waals surface area contributed by atoms with Gasteiger partial charge in [-0.15, -0.1) is 0 Å². The molecule has 0 amide bonds. The molecular weight excluding hydrogens is 423 g/mol. The van der Waals surface area contributed by atoms with Gasteiger partial charge in [0, 0.05) is 25.8 Å². The molecule has 0 aromatic heterocycles. The first-order chi connectivity index (χ1) is 14.4. The molecule has 2 aromatic rings. The maximum Gasteiger partial charge on any atom is 0.306 e. The third kappa shape index (κ3) is 6.35. The molecule has 0 saturated heterocycles. The van der Waals surface area contributed by atoms with Gasteiger partial charge in [0.25, 0.3) is 0 Å². The van der Waals surface area contributed by atoms with Gasteiger partial charge in [-0.05, 0) is 48.2 Å². The number of aliphatic hydroxyl groups excluding tert-OH is 1. The summed E-state index contributed by atoms with van der Waals surface area (Å²) < 4.78 is 5.61. The van der Waals surface area contributed by atoms with E-state index in [9.17, 15) is 9.90 Å². The van der Waals surface area contributed by atoms with Gasteiger partial charge in [-0.2, -0.15) is 0 Å². The van der Waals surface area contributed by atoms with Gasteiger partial charge in [-0.1, -0.05) is 53.9 Å². The van der Waals surface area contributed by atoms with Crippen LogP contribution < -0.4 is 11.1 Å². The molecule has 0 aliphatic heterocycles. The number of carbonyl (C=O) groups excluding carboxylic acids is 1. The minimum atomic E-state index is -0.717. The number of benzene rings is 2. The lowest BCUT2D eigenvalue weighted by Crippen LogP contribution is -2.22. The maximum atomic E-state index is 12.1. The number of aliphatic hydroxyl groups is 1. The molecule has 0 bridgehead atoms. The summed E-state index contributed by atoms with van der Waals surface area (Å²) in [4.78, 5) is 12.1. The molecule has 0 saturated carbocycles. The monoisotopic (exact) mass is 450 g/mol. The van der Waals surface area contributed by atoms with E-state index in [-0.39, 0.29) is 12.1 Å². The topological polar surface area (TPSA) is 84.6 Å². The summed E-state index contributed by atoms with van der Waals surface area (Å²) in [5.41, 5.74) is 9.23. The first-order valence-corrected chi connectivity index (χ1v) is 11.1. The second-order valence-corrected chi connectivity index (χ2v) is 8.53. The number of anilines is 1. The highest BCUT2D eigenvalue weighted by Crippen LogP contribution is 2.31. The number of unbranched alkanes of at least 4 members (excludes halogenated alkanes) is 2. The van der Waals surface area contributed by atoms with Crippen LogP contribution in [0.5, 0.6) is 0 Å². The van der Waals surface area contributed by atoms with E-state index in [1.807, 2.05) is 12.1 Å². The van der Waals surface area contributed by atoms with Gasteiger partial charge in [0.05, 0.1) is 21.8 Å². The third-order valence-corrected chi connectivity index (χ3v) is 6.00. The van der Waals surface area contributed by atoms with Crippen LogP contribution in [0.4, 0.5) is 5.69 Å². The first kappa shape index (κ1) is 22.9. The minimum absolute atomic E-state index is 0.0200. The van der Waals surface area contributed by atoms with Crippen molar-refractivity contribution < 1.29 is 14.6 Å². The number of nitrogen functional groups attached to an aromatic ring is 1. The maximum absolute atomic E-state index is 12.1. The summed E-state index contributed by atoms with van der Waals surface area (Å²) in [5.74, 6) is -0.117. The fraction of sp³-hybridized carbons (Fsp3) is 0.435. The normalized spacial score (nSPS) is 14.5. The van der Waals surface area contributed by atoms with Crippen molar-refractivity contribution in [3.63, 3.8) is 0 Å². The number of esters is 1. The number of rotatable bonds is 10. The number of hydrogen-bond donors (Lipinski definition) is 3. The predicted octanol–water partition coefficient (Wildman–Crippen LogP) is 4.47. The molecule has 0 radical (unpaired) electrons. The SMILES string of the molecule is Nc1c(Cl)cc(C(O)CNCCCCCC(=O)OC2Cc3ccccc3C2)cc1Cl. The highest BCUT2D eigenvalue weighted by Gasteiger charge is 2.23. The molecule has 3 rings (SSSR count). The number of ether oxygens (including phenoxy) is 1. The van der Waals surface area contributed by atoms with Crippen LogP contribution in [0.2, 0.25) is 10.0 Å². The number of carbonyl (C=O) groups is 1. The van der Waals surface area contributed by atoms with Gasteiger partial charge in [0.15, 0.2) is 0 Å². The third-order valence-electron chi connectivity index (χ3n) is 5.37. The Hall–Kier alpha value is -1.79. The Balaban J connectivity index is 1.25. The molecule has 0 fully saturated rings. The minimum Gasteiger partial charge on any atom is -0.462 e. The van der Waals surface area contributed by atoms with E-state index in [0.717, 1.165) is 38.6 Å². The lowest BCUT2D eigenvalue weighted by molar-refractivity contribution is -0.148. The van der Waals surface area contributed by atoms with E-state index in [2.05, 4.69) is 17.4 Å². The van der Waals surface area contributed by atoms with E-state index < -0.39 is 6.10 Å². The Morgan fingerprint density at radius 1 is 1.13 bits per heavy atom. The summed E-state index contributed by atoms with van der Waals surface area (Å²) >= 11 is 12.0. The van der Waals surface area contributed by atoms with Crippen molar-refractivity contribution >= 4 is 34.9 Å². The Labute approximate surface area is 187 Å². The van der Waals surface area contributed by atoms with E-state index in [4.69, 9.17) is 33.7 Å². The highest BCUT2D eigenvalue weighted by molar-refractivity contribution is 6.38. The number of hydrogen-bond acceptors (Lipinski definition) is 5. The largest absolute Gasteiger partial charge is 0.462 e. The molecule has 162 valence electrons. The molecule has 1 unspecified atom stereocenters. The number of nitrogens with one attached hydrogen (secondary N) is 1. The summed E-state index contributed by atoms with van der Waals surface area (Å²) in [7, 11) is 0. The molecule has 0 heterocycles. The molecular formula is C23H28Cl2N2O3. The fourth-order valence-corrected chi connectivity index (χ4v) is 4.20. The first-order valence-electron chi connectivity index (χ1n) is 10.3. The zero-order valence-electron chi connectivity index (χ0n) is 16.9. The molecule has 1 atom stereocenters. The van der Waals surface area contributed by atoms with Crippen LogP contribution in [0.15, 0.2) is 36.4 Å². The van der Waals surface area contributed by atoms with Crippen LogP contribution in [0, 0.1) is 0 Å². The highest BCUT2D eigenvalue weighted by atomic mass is 35.5. The standard InChI is InChI=1S/C23H28Cl2N2O3/c24-19-12-17(13-20(25)23(19)26)21(28)14-27-9-5-1-2-8-22(29)30-18-10-15-6-3-4-7-16(15)11-18/h3-4,6-7,12-13,18,21,27-28H,1-2,5,8-11,14,26H2. The van der Waals surface area contributed by atoms with Crippen LogP contribution in [0.25, 0.3) is 0 Å². The van der Waals surface area contributed by atoms with E-state index in [1.54, 1.807) is 12.1 Å². The van der Waals surface area contributed by atoms with Gasteiger partial charge in [0.1, 0.15) is 6.10 Å². The van der Waals surface area contributed by atoms with Crippen LogP contribution in [0.1, 0.15) is 48.5 Å². The molecule has 30 heavy (non-hydrogen) atoms. The summed E-state index contributed by atoms with van der Waals surface area (Å²) in [6.07, 6.45) is 3.97. The number of nitrogens with two attached hydrogens (primary N) is 1. The Morgan fingerprint density at radius 3 is 2.40 bits per heavy atom. The molecule has 4 N–H and O–H groups in total. The van der Waals surface area contributed by atoms with Gasteiger partial charge in [0.2, 0.25) is 0 Å². The quantitative estimate of drug-likeness (QED) is 0.282. The average Bonchev–Trinajstić information content (AvgIpc) is 3.12. The van der Waals surface area contributed by atoms with E-state index in [0.29, 0.717) is 34.3 Å². The van der Waals surface area contributed by atoms with Crippen molar-refractivity contribution in [1.82, 2.24) is 5.32 Å². The lowest BCUT2D eigenvalue weighted by Gasteiger charge is -2.14. The van der Waals surface area contributed by atoms with Crippen LogP contribution >= 0.6 is 23.2 Å². The smallest absolute Gasteiger partial charge is 0.306 e. The molecule has 1 aliphatic carbocycles. The van der Waals surface area contributed by atoms with Crippen molar-refractivity contribution in [3.05, 3.63) is 63.1 Å². The molecule has 1 aliphatic rings. The second-order valence-electron chi connectivity index (χ2n) is 7.72. The molecule has 5 nitrogen and oxygen atoms in total. The molecule has 0 spiro atoms. The lowest BCUT2D eigenvalue weighted by atomic mass is 10.1. The van der Waals surface area contributed by atoms with Gasteiger partial charge >= 0.3 is 5.97 Å². The molecule has 2 aromatic carbocycles. The zero-order chi connectivity index (χ0) is 21.5. The van der Waals surface area contributed by atoms with Crippen molar-refractivity contribution in [1.29, 1.82) is 0 Å². The van der Waals surface area contributed by atoms with Crippen LogP contribution in [0.3, 0.4) is 0 Å². The average molecular weight is 451 g/mol. The zero-order valence-corrected chi connectivity index (χ0v) is 18.4.